The highest BCUT2D eigenvalue weighted by Gasteiger charge is 2.43. The number of hydrogen-bond donors (Lipinski definition) is 1. The second-order valence-electron chi connectivity index (χ2n) is 3.07. The highest BCUT2D eigenvalue weighted by molar-refractivity contribution is 4.89. The first kappa shape index (κ1) is 11.0. The number of aromatic nitrogens is 2. The van der Waals surface area contributed by atoms with Gasteiger partial charge in [-0.1, -0.05) is 6.92 Å². The van der Waals surface area contributed by atoms with Crippen LogP contribution in [0.5, 0.6) is 0 Å². The van der Waals surface area contributed by atoms with Crippen LogP contribution in [0.4, 0.5) is 13.2 Å². The fourth-order valence-electron chi connectivity index (χ4n) is 1.29. The molecule has 14 heavy (non-hydrogen) atoms. The van der Waals surface area contributed by atoms with Crippen molar-refractivity contribution < 1.29 is 13.2 Å². The van der Waals surface area contributed by atoms with E-state index < -0.39 is 18.3 Å². The van der Waals surface area contributed by atoms with E-state index in [0.29, 0.717) is 0 Å². The number of halogens is 3. The summed E-state index contributed by atoms with van der Waals surface area (Å²) in [6, 6.07) is -2.63. The third-order valence-electron chi connectivity index (χ3n) is 2.06. The lowest BCUT2D eigenvalue weighted by Crippen LogP contribution is -2.40. The predicted octanol–water partition coefficient (Wildman–Crippen LogP) is 1.72. The molecule has 0 aliphatic heterocycles. The third-order valence-corrected chi connectivity index (χ3v) is 2.06. The maximum atomic E-state index is 12.6. The van der Waals surface area contributed by atoms with Gasteiger partial charge in [-0.25, -0.2) is 4.98 Å². The minimum absolute atomic E-state index is 0.266. The Kier molecular flexibility index (Phi) is 3.15. The lowest BCUT2D eigenvalue weighted by molar-refractivity contribution is -0.173. The number of hydrogen-bond acceptors (Lipinski definition) is 2. The molecule has 1 aromatic rings. The van der Waals surface area contributed by atoms with Crippen LogP contribution < -0.4 is 5.73 Å². The van der Waals surface area contributed by atoms with Gasteiger partial charge in [0.2, 0.25) is 0 Å². The standard InChI is InChI=1S/C8H12F3N3/c1-2-6(12)7(8(9,10)11)14-4-3-13-5-14/h3-7H,2,12H2,1H3. The quantitative estimate of drug-likeness (QED) is 0.820. The molecule has 0 saturated heterocycles. The smallest absolute Gasteiger partial charge is 0.326 e. The van der Waals surface area contributed by atoms with Gasteiger partial charge in [-0.3, -0.25) is 0 Å². The van der Waals surface area contributed by atoms with E-state index in [9.17, 15) is 13.2 Å². The maximum absolute atomic E-state index is 12.6. The molecule has 1 heterocycles. The van der Waals surface area contributed by atoms with E-state index in [1.165, 1.54) is 12.4 Å². The van der Waals surface area contributed by atoms with Gasteiger partial charge < -0.3 is 10.3 Å². The molecule has 0 radical (unpaired) electrons. The monoisotopic (exact) mass is 207 g/mol. The highest BCUT2D eigenvalue weighted by atomic mass is 19.4. The van der Waals surface area contributed by atoms with Crippen LogP contribution in [0.15, 0.2) is 18.7 Å². The van der Waals surface area contributed by atoms with E-state index in [4.69, 9.17) is 5.73 Å². The molecule has 3 nitrogen and oxygen atoms in total. The van der Waals surface area contributed by atoms with Crippen LogP contribution in [-0.4, -0.2) is 21.8 Å². The molecule has 0 aromatic carbocycles. The molecule has 2 N–H and O–H groups in total. The average Bonchev–Trinajstić information content (AvgIpc) is 2.54. The van der Waals surface area contributed by atoms with E-state index in [2.05, 4.69) is 4.98 Å². The van der Waals surface area contributed by atoms with Gasteiger partial charge in [-0.15, -0.1) is 0 Å². The van der Waals surface area contributed by atoms with Crippen LogP contribution in [0.3, 0.4) is 0 Å². The molecule has 2 unspecified atom stereocenters. The molecular weight excluding hydrogens is 195 g/mol. The molecule has 2 atom stereocenters. The van der Waals surface area contributed by atoms with Crippen LogP contribution in [0.1, 0.15) is 19.4 Å². The second kappa shape index (κ2) is 4.00. The summed E-state index contributed by atoms with van der Waals surface area (Å²) in [5.74, 6) is 0. The summed E-state index contributed by atoms with van der Waals surface area (Å²) in [6.45, 7) is 1.63. The molecule has 6 heteroatoms. The molecule has 1 aromatic heterocycles. The van der Waals surface area contributed by atoms with Gasteiger partial charge >= 0.3 is 6.18 Å². The molecule has 0 saturated carbocycles. The molecule has 0 aliphatic carbocycles. The Morgan fingerprint density at radius 2 is 2.14 bits per heavy atom. The molecular formula is C8H12F3N3. The molecule has 0 aliphatic rings. The predicted molar refractivity (Wildman–Crippen MR) is 45.6 cm³/mol. The zero-order valence-electron chi connectivity index (χ0n) is 7.70. The van der Waals surface area contributed by atoms with Crippen LogP contribution in [0, 0.1) is 0 Å². The van der Waals surface area contributed by atoms with Crippen molar-refractivity contribution >= 4 is 0 Å². The number of rotatable bonds is 3. The first-order valence-corrected chi connectivity index (χ1v) is 4.26. The van der Waals surface area contributed by atoms with Gasteiger partial charge in [0.15, 0.2) is 0 Å². The van der Waals surface area contributed by atoms with Crippen molar-refractivity contribution in [2.24, 2.45) is 5.73 Å². The number of nitrogens with zero attached hydrogens (tertiary/aromatic N) is 2. The first-order valence-electron chi connectivity index (χ1n) is 4.26. The Labute approximate surface area is 79.7 Å². The molecule has 80 valence electrons. The van der Waals surface area contributed by atoms with E-state index in [1.807, 2.05) is 0 Å². The van der Waals surface area contributed by atoms with Gasteiger partial charge in [0, 0.05) is 18.4 Å². The van der Waals surface area contributed by atoms with Crippen molar-refractivity contribution in [3.63, 3.8) is 0 Å². The summed E-state index contributed by atoms with van der Waals surface area (Å²) >= 11 is 0. The Morgan fingerprint density at radius 1 is 1.50 bits per heavy atom. The van der Waals surface area contributed by atoms with Gasteiger partial charge in [0.25, 0.3) is 0 Å². The zero-order chi connectivity index (χ0) is 10.8. The van der Waals surface area contributed by atoms with Crippen molar-refractivity contribution in [3.05, 3.63) is 18.7 Å². The lowest BCUT2D eigenvalue weighted by atomic mass is 10.1. The van der Waals surface area contributed by atoms with E-state index in [-0.39, 0.29) is 6.42 Å². The average molecular weight is 207 g/mol. The largest absolute Gasteiger partial charge is 0.410 e. The number of imidazole rings is 1. The van der Waals surface area contributed by atoms with Gasteiger partial charge in [-0.05, 0) is 6.42 Å². The summed E-state index contributed by atoms with van der Waals surface area (Å²) in [7, 11) is 0. The molecule has 0 fully saturated rings. The first-order chi connectivity index (χ1) is 6.46. The number of nitrogens with two attached hydrogens (primary N) is 1. The Hall–Kier alpha value is -1.04. The fraction of sp³-hybridized carbons (Fsp3) is 0.625. The van der Waals surface area contributed by atoms with Crippen molar-refractivity contribution in [3.8, 4) is 0 Å². The van der Waals surface area contributed by atoms with Crippen molar-refractivity contribution in [2.45, 2.75) is 31.6 Å². The van der Waals surface area contributed by atoms with Crippen LogP contribution in [0.25, 0.3) is 0 Å². The normalized spacial score (nSPS) is 16.6. The third kappa shape index (κ3) is 2.25. The summed E-state index contributed by atoms with van der Waals surface area (Å²) < 4.78 is 38.8. The summed E-state index contributed by atoms with van der Waals surface area (Å²) in [5, 5.41) is 0. The summed E-state index contributed by atoms with van der Waals surface area (Å²) in [4.78, 5) is 3.58. The van der Waals surface area contributed by atoms with Crippen LogP contribution >= 0.6 is 0 Å². The molecule has 0 spiro atoms. The second-order valence-corrected chi connectivity index (χ2v) is 3.07. The SMILES string of the molecule is CCC(N)C(n1ccnc1)C(F)(F)F. The van der Waals surface area contributed by atoms with E-state index in [1.54, 1.807) is 6.92 Å². The Bertz CT molecular complexity index is 268. The highest BCUT2D eigenvalue weighted by Crippen LogP contribution is 2.33. The fourth-order valence-corrected chi connectivity index (χ4v) is 1.29. The van der Waals surface area contributed by atoms with Gasteiger partial charge in [-0.2, -0.15) is 13.2 Å². The van der Waals surface area contributed by atoms with Crippen molar-refractivity contribution in [1.29, 1.82) is 0 Å². The molecule has 0 amide bonds. The maximum Gasteiger partial charge on any atom is 0.410 e. The van der Waals surface area contributed by atoms with E-state index in [0.717, 1.165) is 10.9 Å². The van der Waals surface area contributed by atoms with Gasteiger partial charge in [0.05, 0.1) is 6.33 Å². The van der Waals surface area contributed by atoms with Crippen LogP contribution in [-0.2, 0) is 0 Å². The number of alkyl halides is 3. The van der Waals surface area contributed by atoms with E-state index >= 15 is 0 Å². The van der Waals surface area contributed by atoms with Crippen LogP contribution in [0.2, 0.25) is 0 Å². The van der Waals surface area contributed by atoms with Gasteiger partial charge in [0.1, 0.15) is 6.04 Å². The summed E-state index contributed by atoms with van der Waals surface area (Å²) in [5.41, 5.74) is 5.43. The lowest BCUT2D eigenvalue weighted by Gasteiger charge is -2.26. The minimum atomic E-state index is -4.34. The Balaban J connectivity index is 2.94. The Morgan fingerprint density at radius 3 is 2.50 bits per heavy atom. The topological polar surface area (TPSA) is 43.8 Å². The minimum Gasteiger partial charge on any atom is -0.326 e. The molecule has 1 rings (SSSR count). The zero-order valence-corrected chi connectivity index (χ0v) is 7.70. The van der Waals surface area contributed by atoms with Crippen molar-refractivity contribution in [1.82, 2.24) is 9.55 Å². The summed E-state index contributed by atoms with van der Waals surface area (Å²) in [6.07, 6.45) is -0.360. The van der Waals surface area contributed by atoms with Crippen molar-refractivity contribution in [2.75, 3.05) is 0 Å². The molecule has 0 bridgehead atoms.